The summed E-state index contributed by atoms with van der Waals surface area (Å²) in [7, 11) is 0. The number of pyridine rings is 2. The zero-order chi connectivity index (χ0) is 22.1. The van der Waals surface area contributed by atoms with Gasteiger partial charge in [0.2, 0.25) is 0 Å². The fourth-order valence-corrected chi connectivity index (χ4v) is 3.98. The van der Waals surface area contributed by atoms with Crippen molar-refractivity contribution in [2.24, 2.45) is 0 Å². The van der Waals surface area contributed by atoms with Crippen LogP contribution in [-0.4, -0.2) is 43.7 Å². The number of rotatable bonds is 4. The Bertz CT molecular complexity index is 913. The van der Waals surface area contributed by atoms with Crippen LogP contribution < -0.4 is 0 Å². The Labute approximate surface area is 179 Å². The van der Waals surface area contributed by atoms with E-state index in [9.17, 15) is 27.5 Å². The maximum Gasteiger partial charge on any atom is 0.433 e. The van der Waals surface area contributed by atoms with Crippen LogP contribution >= 0.6 is 23.4 Å². The van der Waals surface area contributed by atoms with E-state index >= 15 is 0 Å². The fraction of sp³-hybridized carbons (Fsp3) is 0.421. The molecule has 1 fully saturated rings. The summed E-state index contributed by atoms with van der Waals surface area (Å²) in [5.41, 5.74) is -2.57. The smallest absolute Gasteiger partial charge is 0.387 e. The van der Waals surface area contributed by atoms with Gasteiger partial charge in [0.25, 0.3) is 5.91 Å². The number of carbonyl (C=O) groups excluding carboxylic acids is 1. The van der Waals surface area contributed by atoms with E-state index < -0.39 is 35.5 Å². The second-order valence-corrected chi connectivity index (χ2v) is 8.03. The Kier molecular flexibility index (Phi) is 6.54. The number of hydrogen-bond acceptors (Lipinski definition) is 4. The summed E-state index contributed by atoms with van der Waals surface area (Å²) in [5, 5.41) is 11.6. The van der Waals surface area contributed by atoms with Gasteiger partial charge in [0, 0.05) is 40.8 Å². The van der Waals surface area contributed by atoms with Crippen molar-refractivity contribution in [1.82, 2.24) is 14.4 Å². The topological polar surface area (TPSA) is 66.3 Å². The predicted molar refractivity (Wildman–Crippen MR) is 102 cm³/mol. The molecule has 5 nitrogen and oxygen atoms in total. The average molecular weight is 466 g/mol. The standard InChI is InChI=1S/C19H17Cl2F4N3O2/c20-12-4-6-26-15(7-12)14-8-13(22)3-5-18(14,30)10-28(21)17(29)11-1-2-16(27-9-11)19(23,24)25/h1-2,4,6-7,9,13-14,30H,3,5,8,10H2. The lowest BCUT2D eigenvalue weighted by atomic mass is 9.72. The second kappa shape index (κ2) is 8.64. The lowest BCUT2D eigenvalue weighted by Crippen LogP contribution is -2.50. The zero-order valence-corrected chi connectivity index (χ0v) is 16.9. The molecule has 3 rings (SSSR count). The molecule has 2 heterocycles. The molecule has 2 aromatic heterocycles. The molecule has 1 saturated carbocycles. The van der Waals surface area contributed by atoms with Crippen molar-refractivity contribution in [2.45, 2.75) is 43.1 Å². The van der Waals surface area contributed by atoms with Crippen LogP contribution in [0.4, 0.5) is 17.6 Å². The molecule has 11 heteroatoms. The third-order valence-corrected chi connectivity index (χ3v) is 5.57. The van der Waals surface area contributed by atoms with Crippen LogP contribution in [-0.2, 0) is 6.18 Å². The van der Waals surface area contributed by atoms with Gasteiger partial charge in [0.05, 0.1) is 17.7 Å². The highest BCUT2D eigenvalue weighted by Crippen LogP contribution is 2.42. The number of aromatic nitrogens is 2. The summed E-state index contributed by atoms with van der Waals surface area (Å²) >= 11 is 12.1. The molecule has 162 valence electrons. The molecule has 0 saturated heterocycles. The van der Waals surface area contributed by atoms with Crippen LogP contribution in [0.5, 0.6) is 0 Å². The summed E-state index contributed by atoms with van der Waals surface area (Å²) in [6, 6.07) is 4.66. The van der Waals surface area contributed by atoms with E-state index in [-0.39, 0.29) is 31.4 Å². The number of carbonyl (C=O) groups is 1. The van der Waals surface area contributed by atoms with Crippen molar-refractivity contribution in [1.29, 1.82) is 0 Å². The number of aliphatic hydroxyl groups is 1. The Hall–Kier alpha value is -1.97. The van der Waals surface area contributed by atoms with Crippen LogP contribution in [0.15, 0.2) is 36.7 Å². The van der Waals surface area contributed by atoms with Gasteiger partial charge >= 0.3 is 6.18 Å². The summed E-state index contributed by atoms with van der Waals surface area (Å²) in [6.45, 7) is -0.389. The normalized spacial score (nSPS) is 24.5. The van der Waals surface area contributed by atoms with Crippen molar-refractivity contribution in [3.63, 3.8) is 0 Å². The highest BCUT2D eigenvalue weighted by molar-refractivity contribution is 6.30. The van der Waals surface area contributed by atoms with Crippen LogP contribution in [0, 0.1) is 0 Å². The first-order chi connectivity index (χ1) is 14.0. The number of hydrogen-bond donors (Lipinski definition) is 1. The van der Waals surface area contributed by atoms with Crippen molar-refractivity contribution in [3.8, 4) is 0 Å². The maximum atomic E-state index is 14.1. The first kappa shape index (κ1) is 22.7. The van der Waals surface area contributed by atoms with Gasteiger partial charge in [-0.05, 0) is 43.5 Å². The molecule has 2 aromatic rings. The Morgan fingerprint density at radius 1 is 1.30 bits per heavy atom. The Balaban J connectivity index is 1.80. The minimum absolute atomic E-state index is 0.00872. The van der Waals surface area contributed by atoms with Crippen molar-refractivity contribution >= 4 is 29.3 Å². The largest absolute Gasteiger partial charge is 0.433 e. The summed E-state index contributed by atoms with van der Waals surface area (Å²) in [6.07, 6.45) is -3.58. The highest BCUT2D eigenvalue weighted by Gasteiger charge is 2.46. The number of amides is 1. The SMILES string of the molecule is O=C(c1ccc(C(F)(F)F)nc1)N(Cl)CC1(O)CCC(F)CC1c1cc(Cl)ccn1. The van der Waals surface area contributed by atoms with Gasteiger partial charge < -0.3 is 5.11 Å². The molecule has 3 atom stereocenters. The highest BCUT2D eigenvalue weighted by atomic mass is 35.5. The van der Waals surface area contributed by atoms with Crippen molar-refractivity contribution in [2.75, 3.05) is 6.54 Å². The summed E-state index contributed by atoms with van der Waals surface area (Å²) < 4.78 is 52.7. The molecule has 1 aliphatic carbocycles. The van der Waals surface area contributed by atoms with E-state index in [1.807, 2.05) is 0 Å². The van der Waals surface area contributed by atoms with Gasteiger partial charge in [-0.2, -0.15) is 13.2 Å². The first-order valence-electron chi connectivity index (χ1n) is 8.98. The molecule has 0 bridgehead atoms. The first-order valence-corrected chi connectivity index (χ1v) is 9.70. The Morgan fingerprint density at radius 2 is 2.03 bits per heavy atom. The quantitative estimate of drug-likeness (QED) is 0.521. The van der Waals surface area contributed by atoms with Gasteiger partial charge in [0.1, 0.15) is 11.9 Å². The number of nitrogens with zero attached hydrogens (tertiary/aromatic N) is 3. The summed E-state index contributed by atoms with van der Waals surface area (Å²) in [5.74, 6) is -1.62. The van der Waals surface area contributed by atoms with Crippen LogP contribution in [0.1, 0.15) is 46.9 Å². The number of alkyl halides is 4. The minimum atomic E-state index is -4.64. The molecule has 0 radical (unpaired) electrons. The molecule has 30 heavy (non-hydrogen) atoms. The molecule has 1 N–H and O–H groups in total. The van der Waals surface area contributed by atoms with Gasteiger partial charge in [-0.15, -0.1) is 0 Å². The van der Waals surface area contributed by atoms with E-state index in [4.69, 9.17) is 23.4 Å². The molecular formula is C19H17Cl2F4N3O2. The van der Waals surface area contributed by atoms with E-state index in [0.717, 1.165) is 12.3 Å². The molecular weight excluding hydrogens is 449 g/mol. The van der Waals surface area contributed by atoms with E-state index in [2.05, 4.69) is 9.97 Å². The predicted octanol–water partition coefficient (Wildman–Crippen LogP) is 4.78. The third-order valence-electron chi connectivity index (χ3n) is 5.06. The van der Waals surface area contributed by atoms with Crippen LogP contribution in [0.25, 0.3) is 0 Å². The molecule has 3 unspecified atom stereocenters. The number of halogens is 6. The lowest BCUT2D eigenvalue weighted by Gasteiger charge is -2.42. The van der Waals surface area contributed by atoms with Gasteiger partial charge in [-0.1, -0.05) is 11.6 Å². The van der Waals surface area contributed by atoms with Crippen molar-refractivity contribution in [3.05, 3.63) is 58.6 Å². The third kappa shape index (κ3) is 5.01. The molecule has 0 spiro atoms. The van der Waals surface area contributed by atoms with Crippen LogP contribution in [0.2, 0.25) is 5.02 Å². The minimum Gasteiger partial charge on any atom is -0.387 e. The maximum absolute atomic E-state index is 14.1. The second-order valence-electron chi connectivity index (χ2n) is 7.18. The van der Waals surface area contributed by atoms with E-state index in [1.54, 1.807) is 0 Å². The summed E-state index contributed by atoms with van der Waals surface area (Å²) in [4.78, 5) is 19.9. The monoisotopic (exact) mass is 465 g/mol. The molecule has 0 aromatic carbocycles. The van der Waals surface area contributed by atoms with E-state index in [1.165, 1.54) is 18.3 Å². The van der Waals surface area contributed by atoms with Gasteiger partial charge in [0.15, 0.2) is 0 Å². The van der Waals surface area contributed by atoms with Crippen molar-refractivity contribution < 1.29 is 27.5 Å². The fourth-order valence-electron chi connectivity index (χ4n) is 3.51. The van der Waals surface area contributed by atoms with Gasteiger partial charge in [-0.25, -0.2) is 8.81 Å². The molecule has 1 amide bonds. The van der Waals surface area contributed by atoms with Crippen LogP contribution in [0.3, 0.4) is 0 Å². The van der Waals surface area contributed by atoms with E-state index in [0.29, 0.717) is 21.2 Å². The van der Waals surface area contributed by atoms with Gasteiger partial charge in [-0.3, -0.25) is 14.8 Å². The zero-order valence-electron chi connectivity index (χ0n) is 15.4. The lowest BCUT2D eigenvalue weighted by molar-refractivity contribution is -0.141. The average Bonchev–Trinajstić information content (AvgIpc) is 2.69. The molecule has 0 aliphatic heterocycles. The molecule has 1 aliphatic rings. The Morgan fingerprint density at radius 3 is 2.63 bits per heavy atom.